The standard InChI is InChI=1S/C14H18N6O/c1-3-15-10(2)11-5-4-6-12(9-11)18-14(21)19-13-16-7-8-17-20-13/h4-10,15H,3H2,1-2H3,(H2,16,18,19,20,21). The molecule has 0 aliphatic heterocycles. The fourth-order valence-electron chi connectivity index (χ4n) is 1.88. The molecule has 21 heavy (non-hydrogen) atoms. The van der Waals surface area contributed by atoms with Crippen molar-refractivity contribution in [1.82, 2.24) is 20.5 Å². The van der Waals surface area contributed by atoms with Gasteiger partial charge in [0.15, 0.2) is 0 Å². The number of rotatable bonds is 5. The van der Waals surface area contributed by atoms with E-state index < -0.39 is 6.03 Å². The summed E-state index contributed by atoms with van der Waals surface area (Å²) in [5.41, 5.74) is 1.81. The maximum Gasteiger partial charge on any atom is 0.326 e. The summed E-state index contributed by atoms with van der Waals surface area (Å²) in [5.74, 6) is 0.159. The summed E-state index contributed by atoms with van der Waals surface area (Å²) in [7, 11) is 0. The van der Waals surface area contributed by atoms with Gasteiger partial charge < -0.3 is 10.6 Å². The van der Waals surface area contributed by atoms with Gasteiger partial charge in [0.25, 0.3) is 5.95 Å². The molecule has 1 aromatic carbocycles. The van der Waals surface area contributed by atoms with E-state index in [9.17, 15) is 4.79 Å². The molecule has 0 bridgehead atoms. The van der Waals surface area contributed by atoms with Gasteiger partial charge in [-0.25, -0.2) is 9.78 Å². The molecule has 7 nitrogen and oxygen atoms in total. The molecule has 0 saturated heterocycles. The van der Waals surface area contributed by atoms with E-state index in [-0.39, 0.29) is 12.0 Å². The Morgan fingerprint density at radius 3 is 2.86 bits per heavy atom. The molecule has 110 valence electrons. The van der Waals surface area contributed by atoms with Crippen molar-refractivity contribution in [2.75, 3.05) is 17.2 Å². The van der Waals surface area contributed by atoms with Crippen LogP contribution >= 0.6 is 0 Å². The Balaban J connectivity index is 1.99. The Hall–Kier alpha value is -2.54. The lowest BCUT2D eigenvalue weighted by Gasteiger charge is -2.14. The van der Waals surface area contributed by atoms with Crippen LogP contribution in [0.15, 0.2) is 36.7 Å². The van der Waals surface area contributed by atoms with Gasteiger partial charge in [0.05, 0.1) is 12.4 Å². The molecule has 7 heteroatoms. The molecule has 2 rings (SSSR count). The van der Waals surface area contributed by atoms with Gasteiger partial charge >= 0.3 is 6.03 Å². The number of hydrogen-bond acceptors (Lipinski definition) is 5. The first kappa shape index (κ1) is 14.9. The summed E-state index contributed by atoms with van der Waals surface area (Å²) in [6, 6.07) is 7.49. The van der Waals surface area contributed by atoms with Crippen molar-refractivity contribution in [1.29, 1.82) is 0 Å². The van der Waals surface area contributed by atoms with Crippen LogP contribution in [0.5, 0.6) is 0 Å². The third kappa shape index (κ3) is 4.50. The maximum atomic E-state index is 11.8. The molecule has 0 spiro atoms. The average molecular weight is 286 g/mol. The van der Waals surface area contributed by atoms with Crippen LogP contribution in [-0.2, 0) is 0 Å². The summed E-state index contributed by atoms with van der Waals surface area (Å²) in [4.78, 5) is 15.7. The number of carbonyl (C=O) groups is 1. The second kappa shape index (κ2) is 7.30. The minimum atomic E-state index is -0.406. The van der Waals surface area contributed by atoms with Gasteiger partial charge in [-0.1, -0.05) is 19.1 Å². The Morgan fingerprint density at radius 2 is 2.14 bits per heavy atom. The highest BCUT2D eigenvalue weighted by atomic mass is 16.2. The van der Waals surface area contributed by atoms with Crippen LogP contribution in [0.2, 0.25) is 0 Å². The molecular weight excluding hydrogens is 268 g/mol. The number of nitrogens with one attached hydrogen (secondary N) is 3. The quantitative estimate of drug-likeness (QED) is 0.783. The van der Waals surface area contributed by atoms with Crippen molar-refractivity contribution in [3.63, 3.8) is 0 Å². The highest BCUT2D eigenvalue weighted by Gasteiger charge is 2.07. The highest BCUT2D eigenvalue weighted by Crippen LogP contribution is 2.17. The van der Waals surface area contributed by atoms with Crippen LogP contribution in [0.1, 0.15) is 25.5 Å². The van der Waals surface area contributed by atoms with Crippen molar-refractivity contribution in [2.24, 2.45) is 0 Å². The molecule has 1 heterocycles. The summed E-state index contributed by atoms with van der Waals surface area (Å²) in [6.45, 7) is 5.02. The molecule has 0 radical (unpaired) electrons. The van der Waals surface area contributed by atoms with E-state index >= 15 is 0 Å². The van der Waals surface area contributed by atoms with Crippen molar-refractivity contribution in [2.45, 2.75) is 19.9 Å². The minimum absolute atomic E-state index is 0.159. The molecule has 0 aliphatic rings. The number of carbonyl (C=O) groups excluding carboxylic acids is 1. The molecule has 0 aliphatic carbocycles. The second-order valence-corrected chi connectivity index (χ2v) is 4.45. The summed E-state index contributed by atoms with van der Waals surface area (Å²) in [5, 5.41) is 15.9. The van der Waals surface area contributed by atoms with Gasteiger partial charge in [-0.2, -0.15) is 5.10 Å². The Morgan fingerprint density at radius 1 is 1.29 bits per heavy atom. The van der Waals surface area contributed by atoms with E-state index in [4.69, 9.17) is 0 Å². The van der Waals surface area contributed by atoms with Gasteiger partial charge in [0, 0.05) is 11.7 Å². The first-order valence-electron chi connectivity index (χ1n) is 6.74. The van der Waals surface area contributed by atoms with E-state index in [0.29, 0.717) is 5.69 Å². The van der Waals surface area contributed by atoms with Crippen molar-refractivity contribution in [3.8, 4) is 0 Å². The van der Waals surface area contributed by atoms with Crippen LogP contribution in [0.25, 0.3) is 0 Å². The van der Waals surface area contributed by atoms with Crippen LogP contribution in [0.4, 0.5) is 16.4 Å². The molecule has 3 N–H and O–H groups in total. The number of nitrogens with zero attached hydrogens (tertiary/aromatic N) is 3. The van der Waals surface area contributed by atoms with E-state index in [1.165, 1.54) is 12.4 Å². The van der Waals surface area contributed by atoms with Crippen molar-refractivity contribution in [3.05, 3.63) is 42.2 Å². The van der Waals surface area contributed by atoms with E-state index in [2.05, 4.69) is 45.0 Å². The monoisotopic (exact) mass is 286 g/mol. The smallest absolute Gasteiger partial charge is 0.310 e. The van der Waals surface area contributed by atoms with Crippen LogP contribution in [-0.4, -0.2) is 27.8 Å². The van der Waals surface area contributed by atoms with E-state index in [0.717, 1.165) is 12.1 Å². The molecule has 2 amide bonds. The highest BCUT2D eigenvalue weighted by molar-refractivity contribution is 5.98. The lowest BCUT2D eigenvalue weighted by atomic mass is 10.1. The van der Waals surface area contributed by atoms with E-state index in [1.54, 1.807) is 0 Å². The van der Waals surface area contributed by atoms with E-state index in [1.807, 2.05) is 24.3 Å². The first-order chi connectivity index (χ1) is 10.2. The predicted octanol–water partition coefficient (Wildman–Crippen LogP) is 2.19. The molecular formula is C14H18N6O. The summed E-state index contributed by atoms with van der Waals surface area (Å²) in [6.07, 6.45) is 2.90. The van der Waals surface area contributed by atoms with Crippen molar-refractivity contribution >= 4 is 17.7 Å². The number of amides is 2. The number of anilines is 2. The Labute approximate surface area is 123 Å². The normalized spacial score (nSPS) is 11.7. The number of benzene rings is 1. The van der Waals surface area contributed by atoms with Gasteiger partial charge in [-0.3, -0.25) is 5.32 Å². The number of aromatic nitrogens is 3. The zero-order valence-electron chi connectivity index (χ0n) is 12.0. The van der Waals surface area contributed by atoms with Gasteiger partial charge in [-0.05, 0) is 31.2 Å². The number of urea groups is 1. The summed E-state index contributed by atoms with van der Waals surface area (Å²) < 4.78 is 0. The third-order valence-corrected chi connectivity index (χ3v) is 2.86. The van der Waals surface area contributed by atoms with Crippen LogP contribution in [0.3, 0.4) is 0 Å². The first-order valence-corrected chi connectivity index (χ1v) is 6.74. The molecule has 0 fully saturated rings. The third-order valence-electron chi connectivity index (χ3n) is 2.86. The fraction of sp³-hybridized carbons (Fsp3) is 0.286. The van der Waals surface area contributed by atoms with Gasteiger partial charge in [-0.15, -0.1) is 5.10 Å². The van der Waals surface area contributed by atoms with Crippen LogP contribution in [0, 0.1) is 0 Å². The van der Waals surface area contributed by atoms with Crippen LogP contribution < -0.4 is 16.0 Å². The average Bonchev–Trinajstić information content (AvgIpc) is 2.48. The molecule has 2 aromatic rings. The zero-order chi connectivity index (χ0) is 15.1. The fourth-order valence-corrected chi connectivity index (χ4v) is 1.88. The summed E-state index contributed by atoms with van der Waals surface area (Å²) >= 11 is 0. The zero-order valence-corrected chi connectivity index (χ0v) is 12.0. The molecule has 1 unspecified atom stereocenters. The number of hydrogen-bond donors (Lipinski definition) is 3. The predicted molar refractivity (Wildman–Crippen MR) is 81.0 cm³/mol. The molecule has 0 saturated carbocycles. The largest absolute Gasteiger partial charge is 0.326 e. The Kier molecular flexibility index (Phi) is 5.16. The second-order valence-electron chi connectivity index (χ2n) is 4.45. The molecule has 1 aromatic heterocycles. The lowest BCUT2D eigenvalue weighted by Crippen LogP contribution is -2.21. The van der Waals surface area contributed by atoms with Crippen molar-refractivity contribution < 1.29 is 4.79 Å². The maximum absolute atomic E-state index is 11.8. The molecule has 1 atom stereocenters. The topological polar surface area (TPSA) is 91.8 Å². The van der Waals surface area contributed by atoms with Gasteiger partial charge in [0.1, 0.15) is 0 Å². The minimum Gasteiger partial charge on any atom is -0.310 e. The lowest BCUT2D eigenvalue weighted by molar-refractivity contribution is 0.262. The van der Waals surface area contributed by atoms with Gasteiger partial charge in [0.2, 0.25) is 0 Å². The SMILES string of the molecule is CCNC(C)c1cccc(NC(=O)Nc2nccnn2)c1. The Bertz CT molecular complexity index is 589.